The van der Waals surface area contributed by atoms with E-state index in [1.54, 1.807) is 41.3 Å². The van der Waals surface area contributed by atoms with Crippen molar-refractivity contribution in [3.05, 3.63) is 65.7 Å². The first-order valence-corrected chi connectivity index (χ1v) is 8.52. The zero-order chi connectivity index (χ0) is 17.6. The average Bonchev–Trinajstić information content (AvgIpc) is 2.68. The second-order valence-electron chi connectivity index (χ2n) is 6.30. The number of nitrogens with one attached hydrogen (secondary N) is 1. The number of piperidine rings is 1. The van der Waals surface area contributed by atoms with Gasteiger partial charge in [-0.25, -0.2) is 0 Å². The first kappa shape index (κ1) is 17.2. The summed E-state index contributed by atoms with van der Waals surface area (Å²) in [7, 11) is 0. The fraction of sp³-hybridized carbons (Fsp3) is 0.300. The molecule has 2 aromatic rings. The van der Waals surface area contributed by atoms with E-state index in [1.807, 2.05) is 18.2 Å². The third-order valence-corrected chi connectivity index (χ3v) is 4.48. The zero-order valence-corrected chi connectivity index (χ0v) is 14.0. The molecular formula is C20H22N2O3. The highest BCUT2D eigenvalue weighted by molar-refractivity contribution is 5.96. The van der Waals surface area contributed by atoms with E-state index in [4.69, 9.17) is 0 Å². The Morgan fingerprint density at radius 2 is 1.92 bits per heavy atom. The molecule has 2 amide bonds. The molecular weight excluding hydrogens is 316 g/mol. The van der Waals surface area contributed by atoms with Crippen molar-refractivity contribution in [2.45, 2.75) is 19.4 Å². The van der Waals surface area contributed by atoms with Crippen molar-refractivity contribution in [3.63, 3.8) is 0 Å². The number of likely N-dealkylation sites (tertiary alicyclic amines) is 1. The van der Waals surface area contributed by atoms with Gasteiger partial charge >= 0.3 is 0 Å². The van der Waals surface area contributed by atoms with E-state index in [9.17, 15) is 14.7 Å². The van der Waals surface area contributed by atoms with Crippen molar-refractivity contribution in [1.82, 2.24) is 4.90 Å². The molecule has 0 aliphatic carbocycles. The maximum absolute atomic E-state index is 12.6. The quantitative estimate of drug-likeness (QED) is 0.900. The van der Waals surface area contributed by atoms with Crippen molar-refractivity contribution < 1.29 is 14.7 Å². The zero-order valence-electron chi connectivity index (χ0n) is 14.0. The Hall–Kier alpha value is -2.66. The van der Waals surface area contributed by atoms with Crippen molar-refractivity contribution in [3.8, 4) is 0 Å². The summed E-state index contributed by atoms with van der Waals surface area (Å²) in [6.07, 6.45) is 1.58. The Morgan fingerprint density at radius 3 is 2.68 bits per heavy atom. The third kappa shape index (κ3) is 4.25. The molecule has 1 atom stereocenters. The Bertz CT molecular complexity index is 746. The molecule has 0 spiro atoms. The third-order valence-electron chi connectivity index (χ3n) is 4.48. The van der Waals surface area contributed by atoms with Crippen LogP contribution in [-0.2, 0) is 11.4 Å². The second kappa shape index (κ2) is 7.94. The van der Waals surface area contributed by atoms with E-state index in [2.05, 4.69) is 5.32 Å². The number of anilines is 1. The van der Waals surface area contributed by atoms with Crippen LogP contribution in [0.3, 0.4) is 0 Å². The molecule has 1 unspecified atom stereocenters. The van der Waals surface area contributed by atoms with Crippen LogP contribution in [0.4, 0.5) is 5.69 Å². The normalized spacial score (nSPS) is 17.2. The Labute approximate surface area is 147 Å². The molecule has 1 fully saturated rings. The molecule has 1 aliphatic rings. The number of aliphatic hydroxyl groups is 1. The van der Waals surface area contributed by atoms with E-state index < -0.39 is 0 Å². The molecule has 0 saturated carbocycles. The van der Waals surface area contributed by atoms with Crippen LogP contribution in [0, 0.1) is 5.92 Å². The fourth-order valence-electron chi connectivity index (χ4n) is 3.13. The molecule has 0 aromatic heterocycles. The van der Waals surface area contributed by atoms with Gasteiger partial charge in [-0.15, -0.1) is 0 Å². The van der Waals surface area contributed by atoms with Gasteiger partial charge in [-0.05, 0) is 42.7 Å². The Kier molecular flexibility index (Phi) is 5.46. The number of benzene rings is 2. The summed E-state index contributed by atoms with van der Waals surface area (Å²) in [6, 6.07) is 16.3. The van der Waals surface area contributed by atoms with Gasteiger partial charge in [-0.1, -0.05) is 30.3 Å². The molecule has 5 heteroatoms. The van der Waals surface area contributed by atoms with Crippen molar-refractivity contribution in [2.24, 2.45) is 5.92 Å². The largest absolute Gasteiger partial charge is 0.392 e. The average molecular weight is 338 g/mol. The maximum Gasteiger partial charge on any atom is 0.253 e. The number of hydrogen-bond donors (Lipinski definition) is 2. The SMILES string of the molecule is O=C(Nc1cccc(CO)c1)C1CCCN(C(=O)c2ccccc2)C1. The van der Waals surface area contributed by atoms with Gasteiger partial charge in [0.2, 0.25) is 5.91 Å². The van der Waals surface area contributed by atoms with Gasteiger partial charge in [0.1, 0.15) is 0 Å². The summed E-state index contributed by atoms with van der Waals surface area (Å²) in [4.78, 5) is 26.9. The smallest absolute Gasteiger partial charge is 0.253 e. The molecule has 1 saturated heterocycles. The van der Waals surface area contributed by atoms with Crippen LogP contribution >= 0.6 is 0 Å². The number of carbonyl (C=O) groups excluding carboxylic acids is 2. The predicted octanol–water partition coefficient (Wildman–Crippen LogP) is 2.67. The van der Waals surface area contributed by atoms with E-state index in [1.165, 1.54) is 0 Å². The van der Waals surface area contributed by atoms with Crippen molar-refractivity contribution in [1.29, 1.82) is 0 Å². The molecule has 0 bridgehead atoms. The highest BCUT2D eigenvalue weighted by Crippen LogP contribution is 2.21. The standard InChI is InChI=1S/C20H22N2O3/c23-14-15-6-4-10-18(12-15)21-19(24)17-9-5-11-22(13-17)20(25)16-7-2-1-3-8-16/h1-4,6-8,10,12,17,23H,5,9,11,13-14H2,(H,21,24). The Balaban J connectivity index is 1.64. The first-order valence-electron chi connectivity index (χ1n) is 8.52. The molecule has 0 radical (unpaired) electrons. The highest BCUT2D eigenvalue weighted by Gasteiger charge is 2.28. The van der Waals surface area contributed by atoms with E-state index in [-0.39, 0.29) is 24.3 Å². The predicted molar refractivity (Wildman–Crippen MR) is 96.1 cm³/mol. The summed E-state index contributed by atoms with van der Waals surface area (Å²) in [5, 5.41) is 12.1. The topological polar surface area (TPSA) is 69.6 Å². The van der Waals surface area contributed by atoms with Crippen molar-refractivity contribution >= 4 is 17.5 Å². The van der Waals surface area contributed by atoms with Crippen LogP contribution in [-0.4, -0.2) is 34.9 Å². The van der Waals surface area contributed by atoms with Gasteiger partial charge in [0.15, 0.2) is 0 Å². The molecule has 130 valence electrons. The molecule has 2 N–H and O–H groups in total. The molecule has 1 heterocycles. The molecule has 5 nitrogen and oxygen atoms in total. The fourth-order valence-corrected chi connectivity index (χ4v) is 3.13. The summed E-state index contributed by atoms with van der Waals surface area (Å²) in [5.74, 6) is -0.333. The lowest BCUT2D eigenvalue weighted by molar-refractivity contribution is -0.121. The summed E-state index contributed by atoms with van der Waals surface area (Å²) >= 11 is 0. The number of aliphatic hydroxyl groups excluding tert-OH is 1. The number of carbonyl (C=O) groups is 2. The minimum Gasteiger partial charge on any atom is -0.392 e. The summed E-state index contributed by atoms with van der Waals surface area (Å²) in [5.41, 5.74) is 2.07. The first-order chi connectivity index (χ1) is 12.2. The number of hydrogen-bond acceptors (Lipinski definition) is 3. The van der Waals surface area contributed by atoms with Gasteiger partial charge < -0.3 is 15.3 Å². The number of amides is 2. The number of rotatable bonds is 4. The van der Waals surface area contributed by atoms with Crippen LogP contribution < -0.4 is 5.32 Å². The minimum absolute atomic E-state index is 0.0274. The lowest BCUT2D eigenvalue weighted by Gasteiger charge is -2.32. The Morgan fingerprint density at radius 1 is 1.12 bits per heavy atom. The summed E-state index contributed by atoms with van der Waals surface area (Å²) in [6.45, 7) is 1.04. The molecule has 1 aliphatic heterocycles. The highest BCUT2D eigenvalue weighted by atomic mass is 16.3. The van der Waals surface area contributed by atoms with E-state index >= 15 is 0 Å². The lowest BCUT2D eigenvalue weighted by atomic mass is 9.96. The van der Waals surface area contributed by atoms with Gasteiger partial charge in [0.05, 0.1) is 12.5 Å². The van der Waals surface area contributed by atoms with E-state index in [0.29, 0.717) is 24.3 Å². The van der Waals surface area contributed by atoms with Crippen LogP contribution in [0.2, 0.25) is 0 Å². The number of nitrogens with zero attached hydrogens (tertiary/aromatic N) is 1. The van der Waals surface area contributed by atoms with Gasteiger partial charge in [-0.2, -0.15) is 0 Å². The van der Waals surface area contributed by atoms with E-state index in [0.717, 1.165) is 18.4 Å². The van der Waals surface area contributed by atoms with Crippen LogP contribution in [0.15, 0.2) is 54.6 Å². The van der Waals surface area contributed by atoms with Crippen LogP contribution in [0.25, 0.3) is 0 Å². The van der Waals surface area contributed by atoms with Crippen LogP contribution in [0.1, 0.15) is 28.8 Å². The van der Waals surface area contributed by atoms with Gasteiger partial charge in [0, 0.05) is 24.3 Å². The molecule has 25 heavy (non-hydrogen) atoms. The van der Waals surface area contributed by atoms with Crippen molar-refractivity contribution in [2.75, 3.05) is 18.4 Å². The minimum atomic E-state index is -0.223. The second-order valence-corrected chi connectivity index (χ2v) is 6.30. The molecule has 3 rings (SSSR count). The van der Waals surface area contributed by atoms with Gasteiger partial charge in [0.25, 0.3) is 5.91 Å². The van der Waals surface area contributed by atoms with Crippen LogP contribution in [0.5, 0.6) is 0 Å². The van der Waals surface area contributed by atoms with Gasteiger partial charge in [-0.3, -0.25) is 9.59 Å². The molecule has 2 aromatic carbocycles. The summed E-state index contributed by atoms with van der Waals surface area (Å²) < 4.78 is 0. The maximum atomic E-state index is 12.6. The lowest BCUT2D eigenvalue weighted by Crippen LogP contribution is -2.43. The monoisotopic (exact) mass is 338 g/mol.